The molecule has 4 heteroatoms. The molecule has 0 saturated carbocycles. The van der Waals surface area contributed by atoms with Crippen LogP contribution in [0.25, 0.3) is 5.57 Å². The summed E-state index contributed by atoms with van der Waals surface area (Å²) in [5.74, 6) is 1.38. The van der Waals surface area contributed by atoms with E-state index in [4.69, 9.17) is 9.47 Å². The summed E-state index contributed by atoms with van der Waals surface area (Å²) in [6.07, 6.45) is 5.09. The summed E-state index contributed by atoms with van der Waals surface area (Å²) < 4.78 is 10.9. The Balaban J connectivity index is 0.000000656. The average molecular weight is 417 g/mol. The standard InChI is InChI=1S/C21H30O3.C5H10O/c1-6-16-10-14(3)11-17(7-2)20(16)21-18(22)12-15(8-9-23-4)13-19(21)24-5;1-5(2,3)4-6/h10-11,15H,6-9,12-13H2,1-5H3;4H,1-3H3. The van der Waals surface area contributed by atoms with Crippen LogP contribution in [0.5, 0.6) is 0 Å². The first-order chi connectivity index (χ1) is 14.1. The van der Waals surface area contributed by atoms with Crippen LogP contribution in [0.3, 0.4) is 0 Å². The second kappa shape index (κ2) is 12.0. The molecule has 2 rings (SSSR count). The quantitative estimate of drug-likeness (QED) is 0.533. The molecular weight excluding hydrogens is 376 g/mol. The summed E-state index contributed by atoms with van der Waals surface area (Å²) in [5.41, 5.74) is 5.56. The Hall–Kier alpha value is -1.94. The smallest absolute Gasteiger partial charge is 0.167 e. The average Bonchev–Trinajstić information content (AvgIpc) is 2.71. The van der Waals surface area contributed by atoms with E-state index in [2.05, 4.69) is 32.9 Å². The van der Waals surface area contributed by atoms with Crippen molar-refractivity contribution in [2.45, 2.75) is 73.6 Å². The maximum Gasteiger partial charge on any atom is 0.167 e. The van der Waals surface area contributed by atoms with Crippen molar-refractivity contribution in [3.8, 4) is 0 Å². The number of aldehydes is 1. The van der Waals surface area contributed by atoms with E-state index in [0.29, 0.717) is 18.9 Å². The molecule has 0 radical (unpaired) electrons. The van der Waals surface area contributed by atoms with E-state index in [1.807, 2.05) is 20.8 Å². The highest BCUT2D eigenvalue weighted by Crippen LogP contribution is 2.38. The minimum Gasteiger partial charge on any atom is -0.500 e. The molecule has 0 spiro atoms. The summed E-state index contributed by atoms with van der Waals surface area (Å²) in [4.78, 5) is 22.8. The molecule has 0 aliphatic heterocycles. The fraction of sp³-hybridized carbons (Fsp3) is 0.615. The first-order valence-electron chi connectivity index (χ1n) is 11.0. The number of ether oxygens (including phenoxy) is 2. The lowest BCUT2D eigenvalue weighted by atomic mass is 9.79. The summed E-state index contributed by atoms with van der Waals surface area (Å²) in [5, 5.41) is 0. The van der Waals surface area contributed by atoms with Crippen molar-refractivity contribution in [1.82, 2.24) is 0 Å². The van der Waals surface area contributed by atoms with Gasteiger partial charge in [0.15, 0.2) is 5.78 Å². The molecule has 0 saturated heterocycles. The molecule has 1 atom stereocenters. The number of aryl methyl sites for hydroxylation is 3. The number of rotatable bonds is 7. The number of methoxy groups -OCH3 is 2. The second-order valence-electron chi connectivity index (χ2n) is 9.13. The van der Waals surface area contributed by atoms with Gasteiger partial charge in [-0.25, -0.2) is 0 Å². The molecule has 0 heterocycles. The number of allylic oxidation sites excluding steroid dienone is 2. The maximum absolute atomic E-state index is 13.0. The number of hydrogen-bond acceptors (Lipinski definition) is 4. The molecule has 0 N–H and O–H groups in total. The fourth-order valence-electron chi connectivity index (χ4n) is 3.73. The SMILES string of the molecule is CC(C)(C)C=O.CCc1cc(C)cc(CC)c1C1=C(OC)CC(CCOC)CC1=O. The van der Waals surface area contributed by atoms with E-state index in [0.717, 1.165) is 48.9 Å². The third-order valence-electron chi connectivity index (χ3n) is 5.29. The van der Waals surface area contributed by atoms with Crippen LogP contribution in [0.2, 0.25) is 0 Å². The zero-order chi connectivity index (χ0) is 22.9. The van der Waals surface area contributed by atoms with Gasteiger partial charge in [-0.05, 0) is 48.8 Å². The van der Waals surface area contributed by atoms with Crippen LogP contribution in [-0.4, -0.2) is 32.9 Å². The summed E-state index contributed by atoms with van der Waals surface area (Å²) in [6, 6.07) is 4.41. The van der Waals surface area contributed by atoms with Gasteiger partial charge < -0.3 is 14.3 Å². The van der Waals surface area contributed by atoms with Crippen LogP contribution >= 0.6 is 0 Å². The summed E-state index contributed by atoms with van der Waals surface area (Å²) >= 11 is 0. The molecule has 1 aromatic carbocycles. The second-order valence-corrected chi connectivity index (χ2v) is 9.13. The largest absolute Gasteiger partial charge is 0.500 e. The molecule has 1 unspecified atom stereocenters. The number of carbonyl (C=O) groups excluding carboxylic acids is 2. The van der Waals surface area contributed by atoms with Gasteiger partial charge in [-0.1, -0.05) is 52.3 Å². The molecule has 1 aliphatic rings. The highest BCUT2D eigenvalue weighted by Gasteiger charge is 2.31. The summed E-state index contributed by atoms with van der Waals surface area (Å²) in [7, 11) is 3.39. The van der Waals surface area contributed by atoms with Crippen LogP contribution in [0.1, 0.15) is 76.1 Å². The zero-order valence-electron chi connectivity index (χ0n) is 20.2. The zero-order valence-corrected chi connectivity index (χ0v) is 20.2. The van der Waals surface area contributed by atoms with Gasteiger partial charge in [0.05, 0.1) is 12.7 Å². The van der Waals surface area contributed by atoms with Gasteiger partial charge in [0.2, 0.25) is 0 Å². The van der Waals surface area contributed by atoms with Crippen LogP contribution < -0.4 is 0 Å². The van der Waals surface area contributed by atoms with Crippen LogP contribution in [0.4, 0.5) is 0 Å². The molecule has 0 amide bonds. The Morgan fingerprint density at radius 1 is 1.07 bits per heavy atom. The predicted octanol–water partition coefficient (Wildman–Crippen LogP) is 5.72. The van der Waals surface area contributed by atoms with Crippen LogP contribution in [-0.2, 0) is 31.9 Å². The first kappa shape index (κ1) is 26.1. The van der Waals surface area contributed by atoms with Gasteiger partial charge in [-0.3, -0.25) is 4.79 Å². The Kier molecular flexibility index (Phi) is 10.5. The molecule has 30 heavy (non-hydrogen) atoms. The maximum atomic E-state index is 13.0. The van der Waals surface area contributed by atoms with Crippen LogP contribution in [0, 0.1) is 18.3 Å². The van der Waals surface area contributed by atoms with Gasteiger partial charge in [-0.15, -0.1) is 0 Å². The molecule has 0 fully saturated rings. The third kappa shape index (κ3) is 7.39. The molecule has 0 bridgehead atoms. The Morgan fingerprint density at radius 2 is 1.60 bits per heavy atom. The van der Waals surface area contributed by atoms with E-state index in [1.165, 1.54) is 16.7 Å². The lowest BCUT2D eigenvalue weighted by Crippen LogP contribution is -2.22. The van der Waals surface area contributed by atoms with Gasteiger partial charge >= 0.3 is 0 Å². The Labute approximate surface area is 183 Å². The summed E-state index contributed by atoms with van der Waals surface area (Å²) in [6.45, 7) is 12.7. The highest BCUT2D eigenvalue weighted by atomic mass is 16.5. The number of benzene rings is 1. The predicted molar refractivity (Wildman–Crippen MR) is 124 cm³/mol. The lowest BCUT2D eigenvalue weighted by Gasteiger charge is -2.27. The van der Waals surface area contributed by atoms with Crippen molar-refractivity contribution in [3.05, 3.63) is 40.1 Å². The van der Waals surface area contributed by atoms with Crippen molar-refractivity contribution >= 4 is 17.6 Å². The number of hydrogen-bond donors (Lipinski definition) is 0. The minimum absolute atomic E-state index is 0.139. The monoisotopic (exact) mass is 416 g/mol. The van der Waals surface area contributed by atoms with Crippen molar-refractivity contribution in [2.24, 2.45) is 11.3 Å². The highest BCUT2D eigenvalue weighted by molar-refractivity contribution is 6.22. The van der Waals surface area contributed by atoms with Gasteiger partial charge in [0.1, 0.15) is 12.0 Å². The number of Topliss-reactive ketones (excluding diaryl/α,β-unsaturated/α-hetero) is 1. The fourth-order valence-corrected chi connectivity index (χ4v) is 3.73. The topological polar surface area (TPSA) is 52.6 Å². The third-order valence-corrected chi connectivity index (χ3v) is 5.29. The van der Waals surface area contributed by atoms with Crippen molar-refractivity contribution < 1.29 is 19.1 Å². The van der Waals surface area contributed by atoms with E-state index < -0.39 is 0 Å². The molecular formula is C26H40O4. The lowest BCUT2D eigenvalue weighted by molar-refractivity contribution is -0.115. The molecule has 0 aromatic heterocycles. The molecule has 4 nitrogen and oxygen atoms in total. The number of ketones is 1. The minimum atomic E-state index is -0.139. The van der Waals surface area contributed by atoms with Crippen LogP contribution in [0.15, 0.2) is 17.9 Å². The van der Waals surface area contributed by atoms with Gasteiger partial charge in [0, 0.05) is 32.0 Å². The Morgan fingerprint density at radius 3 is 2.00 bits per heavy atom. The van der Waals surface area contributed by atoms with Gasteiger partial charge in [0.25, 0.3) is 0 Å². The van der Waals surface area contributed by atoms with E-state index >= 15 is 0 Å². The van der Waals surface area contributed by atoms with Crippen molar-refractivity contribution in [2.75, 3.05) is 20.8 Å². The van der Waals surface area contributed by atoms with E-state index in [1.54, 1.807) is 14.2 Å². The number of carbonyl (C=O) groups is 2. The first-order valence-corrected chi connectivity index (χ1v) is 11.0. The van der Waals surface area contributed by atoms with E-state index in [-0.39, 0.29) is 11.2 Å². The van der Waals surface area contributed by atoms with Crippen molar-refractivity contribution in [1.29, 1.82) is 0 Å². The van der Waals surface area contributed by atoms with E-state index in [9.17, 15) is 9.59 Å². The van der Waals surface area contributed by atoms with Crippen molar-refractivity contribution in [3.63, 3.8) is 0 Å². The molecule has 1 aliphatic carbocycles. The molecule has 1 aromatic rings. The molecule has 168 valence electrons. The van der Waals surface area contributed by atoms with Gasteiger partial charge in [-0.2, -0.15) is 0 Å². The Bertz CT molecular complexity index is 728. The normalized spacial score (nSPS) is 16.8.